The summed E-state index contributed by atoms with van der Waals surface area (Å²) in [5.74, 6) is 0.255. The summed E-state index contributed by atoms with van der Waals surface area (Å²) in [6.07, 6.45) is 1.86. The number of ether oxygens (including phenoxy) is 2. The Balaban J connectivity index is 0.00000400. The van der Waals surface area contributed by atoms with Gasteiger partial charge in [0, 0.05) is 40.4 Å². The largest absolute Gasteiger partial charge is 0.383 e. The molecule has 0 aromatic heterocycles. The zero-order valence-electron chi connectivity index (χ0n) is 12.9. The second-order valence-corrected chi connectivity index (χ2v) is 6.92. The molecule has 0 spiro atoms. The van der Waals surface area contributed by atoms with Crippen LogP contribution in [-0.2, 0) is 19.7 Å². The predicted molar refractivity (Wildman–Crippen MR) is 84.8 cm³/mol. The van der Waals surface area contributed by atoms with Gasteiger partial charge in [-0.05, 0) is 25.3 Å². The molecule has 21 heavy (non-hydrogen) atoms. The second kappa shape index (κ2) is 10.7. The first-order chi connectivity index (χ1) is 9.56. The van der Waals surface area contributed by atoms with Gasteiger partial charge in [0.1, 0.15) is 0 Å². The average molecular weight is 346 g/mol. The molecule has 128 valence electrons. The Bertz CT molecular complexity index is 362. The van der Waals surface area contributed by atoms with Crippen LogP contribution < -0.4 is 5.73 Å². The van der Waals surface area contributed by atoms with Crippen molar-refractivity contribution >= 4 is 22.6 Å². The van der Waals surface area contributed by atoms with Gasteiger partial charge in [-0.15, -0.1) is 12.4 Å². The van der Waals surface area contributed by atoms with E-state index in [1.807, 2.05) is 0 Å². The third-order valence-electron chi connectivity index (χ3n) is 3.56. The van der Waals surface area contributed by atoms with E-state index in [0.717, 1.165) is 12.8 Å². The van der Waals surface area contributed by atoms with Crippen LogP contribution in [0.4, 0.5) is 0 Å². The zero-order chi connectivity index (χ0) is 15.0. The van der Waals surface area contributed by atoms with E-state index in [2.05, 4.69) is 0 Å². The van der Waals surface area contributed by atoms with E-state index < -0.39 is 10.2 Å². The number of piperidine rings is 1. The summed E-state index contributed by atoms with van der Waals surface area (Å²) in [5.41, 5.74) is 5.67. The highest BCUT2D eigenvalue weighted by molar-refractivity contribution is 7.86. The first kappa shape index (κ1) is 21.0. The van der Waals surface area contributed by atoms with Gasteiger partial charge in [-0.25, -0.2) is 0 Å². The summed E-state index contributed by atoms with van der Waals surface area (Å²) in [6.45, 7) is 3.03. The van der Waals surface area contributed by atoms with Crippen molar-refractivity contribution in [2.45, 2.75) is 12.8 Å². The summed E-state index contributed by atoms with van der Waals surface area (Å²) in [5, 5.41) is 0. The molecule has 9 heteroatoms. The fraction of sp³-hybridized carbons (Fsp3) is 1.00. The lowest BCUT2D eigenvalue weighted by atomic mass is 10.0. The molecule has 1 aliphatic rings. The van der Waals surface area contributed by atoms with Gasteiger partial charge in [0.15, 0.2) is 0 Å². The molecule has 0 aromatic rings. The lowest BCUT2D eigenvalue weighted by molar-refractivity contribution is 0.144. The van der Waals surface area contributed by atoms with Crippen LogP contribution in [0.15, 0.2) is 0 Å². The van der Waals surface area contributed by atoms with Crippen molar-refractivity contribution in [3.63, 3.8) is 0 Å². The van der Waals surface area contributed by atoms with Crippen LogP contribution in [0.2, 0.25) is 0 Å². The maximum atomic E-state index is 12.7. The molecule has 2 N–H and O–H groups in total. The SMILES string of the molecule is COCCN(CCOC)S(=O)(=O)N1CCCC(CN)C1.Cl. The summed E-state index contributed by atoms with van der Waals surface area (Å²) in [6, 6.07) is 0. The quantitative estimate of drug-likeness (QED) is 0.631. The highest BCUT2D eigenvalue weighted by atomic mass is 35.5. The summed E-state index contributed by atoms with van der Waals surface area (Å²) in [4.78, 5) is 0. The molecule has 0 saturated carbocycles. The van der Waals surface area contributed by atoms with Crippen LogP contribution in [0, 0.1) is 5.92 Å². The van der Waals surface area contributed by atoms with Crippen molar-refractivity contribution in [1.82, 2.24) is 8.61 Å². The monoisotopic (exact) mass is 345 g/mol. The number of nitrogens with zero attached hydrogens (tertiary/aromatic N) is 2. The topological polar surface area (TPSA) is 85.1 Å². The van der Waals surface area contributed by atoms with E-state index in [9.17, 15) is 8.42 Å². The minimum atomic E-state index is -3.46. The third-order valence-corrected chi connectivity index (χ3v) is 5.56. The molecule has 1 aliphatic heterocycles. The third kappa shape index (κ3) is 6.35. The molecule has 0 aliphatic carbocycles. The first-order valence-corrected chi connectivity index (χ1v) is 8.39. The zero-order valence-corrected chi connectivity index (χ0v) is 14.5. The molecule has 0 radical (unpaired) electrons. The molecular weight excluding hydrogens is 318 g/mol. The van der Waals surface area contributed by atoms with Crippen molar-refractivity contribution in [2.24, 2.45) is 11.7 Å². The standard InChI is InChI=1S/C12H27N3O4S.ClH/c1-18-8-6-14(7-9-19-2)20(16,17)15-5-3-4-12(10-13)11-15;/h12H,3-11,13H2,1-2H3;1H. The maximum Gasteiger partial charge on any atom is 0.282 e. The predicted octanol–water partition coefficient (Wildman–Crippen LogP) is -0.0815. The van der Waals surface area contributed by atoms with E-state index in [-0.39, 0.29) is 18.3 Å². The molecular formula is C12H28ClN3O4S. The van der Waals surface area contributed by atoms with E-state index in [1.165, 1.54) is 4.31 Å². The van der Waals surface area contributed by atoms with Gasteiger partial charge in [0.05, 0.1) is 13.2 Å². The Hall–Kier alpha value is 0.0400. The highest BCUT2D eigenvalue weighted by Gasteiger charge is 2.32. The Kier molecular flexibility index (Phi) is 10.7. The minimum Gasteiger partial charge on any atom is -0.383 e. The maximum absolute atomic E-state index is 12.7. The van der Waals surface area contributed by atoms with Crippen molar-refractivity contribution in [3.8, 4) is 0 Å². The van der Waals surface area contributed by atoms with Gasteiger partial charge in [0.2, 0.25) is 0 Å². The Morgan fingerprint density at radius 1 is 1.24 bits per heavy atom. The molecule has 0 amide bonds. The lowest BCUT2D eigenvalue weighted by Gasteiger charge is -2.35. The van der Waals surface area contributed by atoms with Crippen molar-refractivity contribution in [2.75, 3.05) is 60.2 Å². The fourth-order valence-electron chi connectivity index (χ4n) is 2.32. The van der Waals surface area contributed by atoms with E-state index in [0.29, 0.717) is 45.9 Å². The number of nitrogens with two attached hydrogens (primary N) is 1. The molecule has 0 aromatic carbocycles. The van der Waals surface area contributed by atoms with Crippen LogP contribution in [0.5, 0.6) is 0 Å². The van der Waals surface area contributed by atoms with Crippen LogP contribution in [0.3, 0.4) is 0 Å². The van der Waals surface area contributed by atoms with Gasteiger partial charge in [-0.3, -0.25) is 0 Å². The van der Waals surface area contributed by atoms with E-state index >= 15 is 0 Å². The van der Waals surface area contributed by atoms with Crippen LogP contribution in [0.25, 0.3) is 0 Å². The first-order valence-electron chi connectivity index (χ1n) is 6.99. The van der Waals surface area contributed by atoms with E-state index in [1.54, 1.807) is 18.5 Å². The molecule has 1 unspecified atom stereocenters. The number of hydrogen-bond acceptors (Lipinski definition) is 5. The summed E-state index contributed by atoms with van der Waals surface area (Å²) < 4.78 is 38.3. The number of hydrogen-bond donors (Lipinski definition) is 1. The number of methoxy groups -OCH3 is 2. The number of rotatable bonds is 9. The van der Waals surface area contributed by atoms with Gasteiger partial charge in [-0.2, -0.15) is 17.0 Å². The smallest absolute Gasteiger partial charge is 0.282 e. The van der Waals surface area contributed by atoms with Crippen LogP contribution >= 0.6 is 12.4 Å². The normalized spacial score (nSPS) is 20.5. The van der Waals surface area contributed by atoms with Gasteiger partial charge < -0.3 is 15.2 Å². The van der Waals surface area contributed by atoms with Crippen molar-refractivity contribution < 1.29 is 17.9 Å². The minimum absolute atomic E-state index is 0. The van der Waals surface area contributed by atoms with Crippen molar-refractivity contribution in [3.05, 3.63) is 0 Å². The second-order valence-electron chi connectivity index (χ2n) is 4.99. The van der Waals surface area contributed by atoms with Gasteiger partial charge >= 0.3 is 0 Å². The molecule has 1 saturated heterocycles. The molecule has 1 fully saturated rings. The molecule has 1 rings (SSSR count). The Morgan fingerprint density at radius 2 is 1.81 bits per heavy atom. The van der Waals surface area contributed by atoms with Gasteiger partial charge in [-0.1, -0.05) is 0 Å². The average Bonchev–Trinajstić information content (AvgIpc) is 2.47. The number of halogens is 1. The highest BCUT2D eigenvalue weighted by Crippen LogP contribution is 2.20. The van der Waals surface area contributed by atoms with Gasteiger partial charge in [0.25, 0.3) is 10.2 Å². The molecule has 7 nitrogen and oxygen atoms in total. The van der Waals surface area contributed by atoms with Crippen molar-refractivity contribution in [1.29, 1.82) is 0 Å². The molecule has 0 bridgehead atoms. The van der Waals surface area contributed by atoms with E-state index in [4.69, 9.17) is 15.2 Å². The summed E-state index contributed by atoms with van der Waals surface area (Å²) >= 11 is 0. The fourth-order valence-corrected chi connectivity index (χ4v) is 4.02. The Morgan fingerprint density at radius 3 is 2.29 bits per heavy atom. The summed E-state index contributed by atoms with van der Waals surface area (Å²) in [7, 11) is -0.337. The molecule has 1 heterocycles. The Labute approximate surface area is 134 Å². The van der Waals surface area contributed by atoms with Crippen LogP contribution in [-0.4, -0.2) is 77.2 Å². The van der Waals surface area contributed by atoms with Crippen LogP contribution in [0.1, 0.15) is 12.8 Å². The molecule has 1 atom stereocenters. The lowest BCUT2D eigenvalue weighted by Crippen LogP contribution is -2.50.